The molecule has 0 bridgehead atoms. The predicted molar refractivity (Wildman–Crippen MR) is 77.5 cm³/mol. The van der Waals surface area contributed by atoms with Crippen LogP contribution in [0.4, 0.5) is 8.78 Å². The summed E-state index contributed by atoms with van der Waals surface area (Å²) in [7, 11) is -23.0. The van der Waals surface area contributed by atoms with Crippen molar-refractivity contribution in [3.8, 4) is 0 Å². The minimum atomic E-state index is -5.77. The van der Waals surface area contributed by atoms with Gasteiger partial charge in [-0.3, -0.25) is 18.1 Å². The Hall–Kier alpha value is 0.300. The van der Waals surface area contributed by atoms with E-state index in [-0.39, 0.29) is 0 Å². The van der Waals surface area contributed by atoms with E-state index in [1.807, 2.05) is 0 Å². The van der Waals surface area contributed by atoms with Gasteiger partial charge in [-0.2, -0.15) is 0 Å². The quantitative estimate of drug-likeness (QED) is 0.176. The van der Waals surface area contributed by atoms with E-state index in [1.54, 1.807) is 0 Å². The molecular weight excluding hydrogens is 490 g/mol. The lowest BCUT2D eigenvalue weighted by Gasteiger charge is -2.44. The highest BCUT2D eigenvalue weighted by molar-refractivity contribution is 7.47. The lowest BCUT2D eigenvalue weighted by atomic mass is 9.87. The van der Waals surface area contributed by atoms with Crippen LogP contribution in [0, 0.1) is 0 Å². The maximum absolute atomic E-state index is 14.3. The molecule has 0 saturated heterocycles. The Balaban J connectivity index is 3.53. The van der Waals surface area contributed by atoms with E-state index in [9.17, 15) is 27.0 Å². The topological polar surface area (TPSA) is 267 Å². The summed E-state index contributed by atoms with van der Waals surface area (Å²) in [5, 5.41) is 0. The summed E-state index contributed by atoms with van der Waals surface area (Å²) in [5.41, 5.74) is 0. The molecule has 168 valence electrons. The second-order valence-corrected chi connectivity index (χ2v) is 9.90. The molecule has 0 aromatic carbocycles. The van der Waals surface area contributed by atoms with Crippen LogP contribution in [0.5, 0.6) is 0 Å². The molecule has 1 rings (SSSR count). The molecule has 1 fully saturated rings. The Morgan fingerprint density at radius 1 is 0.464 bits per heavy atom. The van der Waals surface area contributed by atoms with Crippen molar-refractivity contribution in [1.82, 2.24) is 0 Å². The summed E-state index contributed by atoms with van der Waals surface area (Å²) >= 11 is 0. The number of halogens is 2. The molecule has 0 radical (unpaired) electrons. The molecule has 0 amide bonds. The van der Waals surface area contributed by atoms with Crippen molar-refractivity contribution in [2.45, 2.75) is 36.8 Å². The molecule has 1 aliphatic carbocycles. The van der Waals surface area contributed by atoms with Crippen LogP contribution < -0.4 is 0 Å². The highest BCUT2D eigenvalue weighted by atomic mass is 31.2. The van der Waals surface area contributed by atoms with Gasteiger partial charge in [0.2, 0.25) is 0 Å². The molecule has 0 aromatic heterocycles. The molecule has 0 aromatic rings. The van der Waals surface area contributed by atoms with Crippen LogP contribution in [0.15, 0.2) is 0 Å². The zero-order valence-corrected chi connectivity index (χ0v) is 16.4. The molecule has 6 atom stereocenters. The second-order valence-electron chi connectivity index (χ2n) is 5.13. The van der Waals surface area contributed by atoms with Crippen LogP contribution in [0.25, 0.3) is 0 Å². The highest BCUT2D eigenvalue weighted by Crippen LogP contribution is 2.53. The maximum Gasteiger partial charge on any atom is 0.470 e. The van der Waals surface area contributed by atoms with Crippen molar-refractivity contribution in [2.24, 2.45) is 0 Å². The van der Waals surface area contributed by atoms with Crippen molar-refractivity contribution in [3.05, 3.63) is 0 Å². The van der Waals surface area contributed by atoms with Gasteiger partial charge in [-0.05, 0) is 0 Å². The smallest absolute Gasteiger partial charge is 0.303 e. The fourth-order valence-corrected chi connectivity index (χ4v) is 4.43. The number of rotatable bonds is 8. The van der Waals surface area contributed by atoms with Crippen LogP contribution in [0.3, 0.4) is 0 Å². The van der Waals surface area contributed by atoms with Gasteiger partial charge in [0.25, 0.3) is 0 Å². The summed E-state index contributed by atoms with van der Waals surface area (Å²) in [6.45, 7) is 0. The maximum atomic E-state index is 14.3. The zero-order chi connectivity index (χ0) is 22.3. The largest absolute Gasteiger partial charge is 0.470 e. The van der Waals surface area contributed by atoms with Crippen LogP contribution in [0.2, 0.25) is 0 Å². The Morgan fingerprint density at radius 3 is 0.821 bits per heavy atom. The molecule has 28 heavy (non-hydrogen) atoms. The Bertz CT molecular complexity index is 673. The van der Waals surface area contributed by atoms with Crippen LogP contribution in [0.1, 0.15) is 0 Å². The van der Waals surface area contributed by atoms with E-state index in [2.05, 4.69) is 18.1 Å². The molecular formula is C6H14F2O16P4. The lowest BCUT2D eigenvalue weighted by Crippen LogP contribution is -2.63. The minimum Gasteiger partial charge on any atom is -0.303 e. The van der Waals surface area contributed by atoms with Gasteiger partial charge in [0, 0.05) is 0 Å². The highest BCUT2D eigenvalue weighted by Gasteiger charge is 2.60. The molecule has 0 unspecified atom stereocenters. The van der Waals surface area contributed by atoms with Gasteiger partial charge in [-0.25, -0.2) is 27.0 Å². The molecule has 0 spiro atoms. The number of hydrogen-bond acceptors (Lipinski definition) is 8. The van der Waals surface area contributed by atoms with Gasteiger partial charge in [0.05, 0.1) is 0 Å². The molecule has 1 saturated carbocycles. The fourth-order valence-electron chi connectivity index (χ4n) is 2.21. The molecule has 1 aliphatic rings. The average Bonchev–Trinajstić information content (AvgIpc) is 2.39. The summed E-state index contributed by atoms with van der Waals surface area (Å²) in [5.74, 6) is 0. The molecule has 0 aliphatic heterocycles. The predicted octanol–water partition coefficient (Wildman–Crippen LogP) is -1.41. The van der Waals surface area contributed by atoms with Crippen molar-refractivity contribution in [2.75, 3.05) is 0 Å². The normalized spacial score (nSPS) is 33.1. The van der Waals surface area contributed by atoms with Crippen LogP contribution in [-0.4, -0.2) is 75.9 Å². The van der Waals surface area contributed by atoms with Crippen molar-refractivity contribution in [1.29, 1.82) is 0 Å². The Morgan fingerprint density at radius 2 is 0.643 bits per heavy atom. The van der Waals surface area contributed by atoms with Crippen LogP contribution in [-0.2, 0) is 36.4 Å². The van der Waals surface area contributed by atoms with Crippen molar-refractivity contribution < 1.29 is 84.3 Å². The third-order valence-corrected chi connectivity index (χ3v) is 5.01. The van der Waals surface area contributed by atoms with Gasteiger partial charge >= 0.3 is 31.3 Å². The zero-order valence-electron chi connectivity index (χ0n) is 12.9. The van der Waals surface area contributed by atoms with Gasteiger partial charge in [0.1, 0.15) is 24.4 Å². The standard InChI is InChI=1S/C6H14F2O16P4/c7-1-2(8)4(22-26(12,13)14)6(24-28(18,19)20)5(23-27(15,16)17)3(1)21-25(9,10)11/h1-6H,(H2,9,10,11)(H2,12,13,14)(H2,15,16,17)(H2,18,19,20)/t1-,2-,3+,4+,5-,6-/m1/s1. The van der Waals surface area contributed by atoms with Gasteiger partial charge in [-0.15, -0.1) is 0 Å². The average molecular weight is 504 g/mol. The summed E-state index contributed by atoms with van der Waals surface area (Å²) in [6, 6.07) is 0. The first kappa shape index (κ1) is 26.3. The fraction of sp³-hybridized carbons (Fsp3) is 1.00. The van der Waals surface area contributed by atoms with E-state index in [4.69, 9.17) is 39.1 Å². The SMILES string of the molecule is O=P(O)(O)O[C@H]1[C@H](OP(=O)(O)O)[C@@H](OP(=O)(O)O)[C@H](F)[C@@H](F)[C@@H]1OP(=O)(O)O. The van der Waals surface area contributed by atoms with Gasteiger partial charge in [0.15, 0.2) is 12.3 Å². The van der Waals surface area contributed by atoms with Crippen LogP contribution >= 0.6 is 31.3 Å². The first-order valence-corrected chi connectivity index (χ1v) is 12.6. The van der Waals surface area contributed by atoms with E-state index in [1.165, 1.54) is 0 Å². The summed E-state index contributed by atoms with van der Waals surface area (Å²) < 4.78 is 88.2. The molecule has 8 N–H and O–H groups in total. The van der Waals surface area contributed by atoms with Gasteiger partial charge in [-0.1, -0.05) is 0 Å². The molecule has 16 nitrogen and oxygen atoms in total. The summed E-state index contributed by atoms with van der Waals surface area (Å²) in [4.78, 5) is 70.5. The first-order chi connectivity index (χ1) is 12.2. The second kappa shape index (κ2) is 8.81. The van der Waals surface area contributed by atoms with E-state index >= 15 is 0 Å². The van der Waals surface area contributed by atoms with E-state index in [0.717, 1.165) is 0 Å². The molecule has 22 heteroatoms. The monoisotopic (exact) mass is 504 g/mol. The number of phosphoric acid groups is 4. The third-order valence-electron chi connectivity index (χ3n) is 2.94. The third kappa shape index (κ3) is 8.58. The number of hydrogen-bond donors (Lipinski definition) is 8. The molecule has 0 heterocycles. The lowest BCUT2D eigenvalue weighted by molar-refractivity contribution is -0.175. The summed E-state index contributed by atoms with van der Waals surface area (Å²) in [6.07, 6.45) is -18.4. The Labute approximate surface area is 153 Å². The van der Waals surface area contributed by atoms with E-state index in [0.29, 0.717) is 0 Å². The van der Waals surface area contributed by atoms with Crippen molar-refractivity contribution in [3.63, 3.8) is 0 Å². The number of alkyl halides is 2. The number of phosphoric ester groups is 4. The minimum absolute atomic E-state index is 2.92. The van der Waals surface area contributed by atoms with E-state index < -0.39 is 68.1 Å². The first-order valence-electron chi connectivity index (χ1n) is 6.44. The Kier molecular flexibility index (Phi) is 8.29. The van der Waals surface area contributed by atoms with Gasteiger partial charge < -0.3 is 39.1 Å². The van der Waals surface area contributed by atoms with Crippen molar-refractivity contribution >= 4 is 31.3 Å².